The first-order chi connectivity index (χ1) is 8.67. The van der Waals surface area contributed by atoms with Crippen LogP contribution < -0.4 is 4.74 Å². The van der Waals surface area contributed by atoms with Gasteiger partial charge in [0.05, 0.1) is 5.75 Å². The third kappa shape index (κ3) is 7.90. The van der Waals surface area contributed by atoms with Crippen LogP contribution in [0.15, 0.2) is 24.3 Å². The van der Waals surface area contributed by atoms with Gasteiger partial charge in [0.2, 0.25) is 0 Å². The molecular weight excluding hydrogens is 276 g/mol. The number of aromatic carboxylic acids is 1. The number of carbonyl (C=O) groups is 2. The van der Waals surface area contributed by atoms with Crippen LogP contribution in [0.3, 0.4) is 0 Å². The Bertz CT molecular complexity index is 548. The van der Waals surface area contributed by atoms with Crippen LogP contribution in [-0.4, -0.2) is 35.8 Å². The Kier molecular flexibility index (Phi) is 6.73. The summed E-state index contributed by atoms with van der Waals surface area (Å²) >= 11 is 0. The van der Waals surface area contributed by atoms with Gasteiger partial charge < -0.3 is 9.84 Å². The zero-order chi connectivity index (χ0) is 15.1. The molecule has 0 radical (unpaired) electrons. The average Bonchev–Trinajstić information content (AvgIpc) is 2.28. The van der Waals surface area contributed by atoms with E-state index in [-0.39, 0.29) is 17.1 Å². The molecule has 106 valence electrons. The number of benzene rings is 1. The van der Waals surface area contributed by atoms with Gasteiger partial charge in [0, 0.05) is 6.92 Å². The number of para-hydroxylation sites is 1. The van der Waals surface area contributed by atoms with E-state index in [0.29, 0.717) is 0 Å². The second-order valence-corrected chi connectivity index (χ2v) is 5.01. The minimum atomic E-state index is -3.66. The van der Waals surface area contributed by atoms with Crippen LogP contribution in [-0.2, 0) is 14.9 Å². The van der Waals surface area contributed by atoms with Crippen LogP contribution in [0.1, 0.15) is 24.2 Å². The summed E-state index contributed by atoms with van der Waals surface area (Å²) in [5, 5.41) is 8.69. The van der Waals surface area contributed by atoms with Crippen molar-refractivity contribution in [2.45, 2.75) is 13.8 Å². The summed E-state index contributed by atoms with van der Waals surface area (Å²) in [5.41, 5.74) is -0.0160. The number of carboxylic acid groups (broad SMARTS) is 1. The molecule has 8 heteroatoms. The molecule has 0 saturated heterocycles. The SMILES string of the molecule is CC(=O)Oc1ccccc1C(=O)O.CCS(=O)(=O)O. The standard InChI is InChI=1S/C9H8O4.C2H6O3S/c1-6(10)13-8-5-3-2-4-7(8)9(11)12;1-2-6(3,4)5/h2-5H,1H3,(H,11,12);2H2,1H3,(H,3,4,5). The van der Waals surface area contributed by atoms with Crippen molar-refractivity contribution in [2.24, 2.45) is 0 Å². The van der Waals surface area contributed by atoms with E-state index >= 15 is 0 Å². The molecule has 1 rings (SSSR count). The molecule has 1 aromatic rings. The van der Waals surface area contributed by atoms with Crippen LogP contribution >= 0.6 is 0 Å². The molecular formula is C11H14O7S. The van der Waals surface area contributed by atoms with Crippen molar-refractivity contribution in [3.05, 3.63) is 29.8 Å². The van der Waals surface area contributed by atoms with Gasteiger partial charge in [-0.05, 0) is 19.1 Å². The summed E-state index contributed by atoms with van der Waals surface area (Å²) in [5.74, 6) is -1.78. The van der Waals surface area contributed by atoms with Crippen molar-refractivity contribution in [1.82, 2.24) is 0 Å². The van der Waals surface area contributed by atoms with Gasteiger partial charge in [0.1, 0.15) is 11.3 Å². The third-order valence-corrected chi connectivity index (χ3v) is 2.47. The molecule has 0 heterocycles. The molecule has 1 aromatic carbocycles. The van der Waals surface area contributed by atoms with E-state index in [9.17, 15) is 18.0 Å². The van der Waals surface area contributed by atoms with E-state index in [1.54, 1.807) is 12.1 Å². The Labute approximate surface area is 110 Å². The normalized spacial score (nSPS) is 10.1. The van der Waals surface area contributed by atoms with Gasteiger partial charge in [0.15, 0.2) is 0 Å². The molecule has 0 atom stereocenters. The molecule has 0 spiro atoms. The molecule has 0 saturated carbocycles. The summed E-state index contributed by atoms with van der Waals surface area (Å²) in [7, 11) is -3.66. The van der Waals surface area contributed by atoms with Crippen LogP contribution in [0.5, 0.6) is 5.75 Å². The van der Waals surface area contributed by atoms with E-state index in [4.69, 9.17) is 9.66 Å². The maximum Gasteiger partial charge on any atom is 0.339 e. The predicted octanol–water partition coefficient (Wildman–Crippen LogP) is 1.20. The topological polar surface area (TPSA) is 118 Å². The summed E-state index contributed by atoms with van der Waals surface area (Å²) in [6, 6.07) is 5.98. The smallest absolute Gasteiger partial charge is 0.339 e. The van der Waals surface area contributed by atoms with Crippen LogP contribution in [0.4, 0.5) is 0 Å². The van der Waals surface area contributed by atoms with Crippen LogP contribution in [0.25, 0.3) is 0 Å². The third-order valence-electron chi connectivity index (χ3n) is 1.74. The van der Waals surface area contributed by atoms with E-state index in [1.165, 1.54) is 26.0 Å². The number of ether oxygens (including phenoxy) is 1. The van der Waals surface area contributed by atoms with E-state index in [1.807, 2.05) is 0 Å². The average molecular weight is 290 g/mol. The van der Waals surface area contributed by atoms with Gasteiger partial charge in [-0.25, -0.2) is 4.79 Å². The minimum Gasteiger partial charge on any atom is -0.478 e. The van der Waals surface area contributed by atoms with Gasteiger partial charge in [0.25, 0.3) is 10.1 Å². The minimum absolute atomic E-state index is 0.0160. The summed E-state index contributed by atoms with van der Waals surface area (Å²) < 4.78 is 31.6. The molecule has 19 heavy (non-hydrogen) atoms. The first-order valence-corrected chi connectivity index (χ1v) is 6.74. The highest BCUT2D eigenvalue weighted by Gasteiger charge is 2.10. The summed E-state index contributed by atoms with van der Waals surface area (Å²) in [4.78, 5) is 21.2. The molecule has 0 bridgehead atoms. The number of hydrogen-bond acceptors (Lipinski definition) is 5. The number of rotatable bonds is 3. The second-order valence-electron chi connectivity index (χ2n) is 3.27. The summed E-state index contributed by atoms with van der Waals surface area (Å²) in [6.45, 7) is 2.59. The molecule has 0 amide bonds. The summed E-state index contributed by atoms with van der Waals surface area (Å²) in [6.07, 6.45) is 0. The van der Waals surface area contributed by atoms with Gasteiger partial charge in [-0.2, -0.15) is 8.42 Å². The fourth-order valence-electron chi connectivity index (χ4n) is 0.887. The Balaban J connectivity index is 0.000000459. The van der Waals surface area contributed by atoms with Crippen molar-refractivity contribution in [3.8, 4) is 5.75 Å². The van der Waals surface area contributed by atoms with Gasteiger partial charge in [-0.1, -0.05) is 12.1 Å². The lowest BCUT2D eigenvalue weighted by atomic mass is 10.2. The number of hydrogen-bond donors (Lipinski definition) is 2. The van der Waals surface area contributed by atoms with E-state index < -0.39 is 22.1 Å². The van der Waals surface area contributed by atoms with Crippen molar-refractivity contribution >= 4 is 22.1 Å². The molecule has 0 aliphatic rings. The molecule has 0 aliphatic heterocycles. The van der Waals surface area contributed by atoms with E-state index in [2.05, 4.69) is 4.74 Å². The lowest BCUT2D eigenvalue weighted by molar-refractivity contribution is -0.131. The molecule has 0 fully saturated rings. The monoisotopic (exact) mass is 290 g/mol. The number of carbonyl (C=O) groups excluding carboxylic acids is 1. The van der Waals surface area contributed by atoms with Crippen molar-refractivity contribution in [3.63, 3.8) is 0 Å². The number of carboxylic acids is 1. The first kappa shape index (κ1) is 17.1. The predicted molar refractivity (Wildman–Crippen MR) is 66.8 cm³/mol. The molecule has 0 aromatic heterocycles. The fourth-order valence-corrected chi connectivity index (χ4v) is 0.887. The van der Waals surface area contributed by atoms with Crippen LogP contribution in [0, 0.1) is 0 Å². The Morgan fingerprint density at radius 3 is 2.11 bits per heavy atom. The maximum atomic E-state index is 10.6. The molecule has 7 nitrogen and oxygen atoms in total. The Hall–Kier alpha value is -1.93. The quantitative estimate of drug-likeness (QED) is 0.488. The molecule has 0 aliphatic carbocycles. The number of esters is 1. The van der Waals surface area contributed by atoms with Crippen LogP contribution in [0.2, 0.25) is 0 Å². The highest BCUT2D eigenvalue weighted by molar-refractivity contribution is 7.85. The van der Waals surface area contributed by atoms with Gasteiger partial charge in [-0.15, -0.1) is 0 Å². The van der Waals surface area contributed by atoms with Gasteiger partial charge >= 0.3 is 11.9 Å². The highest BCUT2D eigenvalue weighted by atomic mass is 32.2. The lowest BCUT2D eigenvalue weighted by Crippen LogP contribution is -2.06. The largest absolute Gasteiger partial charge is 0.478 e. The second kappa shape index (κ2) is 7.49. The highest BCUT2D eigenvalue weighted by Crippen LogP contribution is 2.17. The molecule has 0 unspecified atom stereocenters. The van der Waals surface area contributed by atoms with Crippen molar-refractivity contribution < 1.29 is 32.4 Å². The fraction of sp³-hybridized carbons (Fsp3) is 0.273. The van der Waals surface area contributed by atoms with Crippen molar-refractivity contribution in [1.29, 1.82) is 0 Å². The zero-order valence-corrected chi connectivity index (χ0v) is 11.2. The Morgan fingerprint density at radius 2 is 1.74 bits per heavy atom. The maximum absolute atomic E-state index is 10.6. The van der Waals surface area contributed by atoms with Gasteiger partial charge in [-0.3, -0.25) is 9.35 Å². The zero-order valence-electron chi connectivity index (χ0n) is 10.4. The van der Waals surface area contributed by atoms with Crippen molar-refractivity contribution in [2.75, 3.05) is 5.75 Å². The lowest BCUT2D eigenvalue weighted by Gasteiger charge is -2.03. The Morgan fingerprint density at radius 1 is 1.26 bits per heavy atom. The van der Waals surface area contributed by atoms with E-state index in [0.717, 1.165) is 0 Å². The first-order valence-electron chi connectivity index (χ1n) is 5.13. The molecule has 2 N–H and O–H groups in total.